The first-order valence-corrected chi connectivity index (χ1v) is 4.57. The molecule has 0 fully saturated rings. The maximum atomic E-state index is 13.0. The first-order valence-electron chi connectivity index (χ1n) is 3.40. The smallest absolute Gasteiger partial charge is 0.211 e. The summed E-state index contributed by atoms with van der Waals surface area (Å²) in [5, 5.41) is 0.305. The first-order chi connectivity index (χ1) is 6.47. The van der Waals surface area contributed by atoms with Crippen molar-refractivity contribution in [1.29, 1.82) is 0 Å². The Labute approximate surface area is 91.7 Å². The average molecular weight is 282 g/mol. The highest BCUT2D eigenvalue weighted by Crippen LogP contribution is 2.33. The fraction of sp³-hybridized carbons (Fsp3) is 0.125. The van der Waals surface area contributed by atoms with Crippen molar-refractivity contribution >= 4 is 33.6 Å². The third kappa shape index (κ3) is 2.38. The molecule has 0 bridgehead atoms. The Hall–Kier alpha value is -0.770. The lowest BCUT2D eigenvalue weighted by atomic mass is 10.2. The number of alkyl halides is 2. The van der Waals surface area contributed by atoms with E-state index in [2.05, 4.69) is 20.9 Å². The molecule has 74 valence electrons. The highest BCUT2D eigenvalue weighted by molar-refractivity contribution is 9.10. The van der Waals surface area contributed by atoms with Crippen LogP contribution in [-0.2, 0) is 10.8 Å². The van der Waals surface area contributed by atoms with Crippen LogP contribution in [0.2, 0.25) is 5.02 Å². The summed E-state index contributed by atoms with van der Waals surface area (Å²) in [5.74, 6) is 0. The van der Waals surface area contributed by atoms with Gasteiger partial charge in [-0.05, 0) is 34.1 Å². The zero-order valence-electron chi connectivity index (χ0n) is 6.60. The van der Waals surface area contributed by atoms with Crippen molar-refractivity contribution in [3.8, 4) is 0 Å². The van der Waals surface area contributed by atoms with E-state index in [1.54, 1.807) is 0 Å². The molecule has 0 aliphatic carbocycles. The van der Waals surface area contributed by atoms with E-state index in [1.807, 2.05) is 0 Å². The van der Waals surface area contributed by atoms with Crippen LogP contribution in [-0.4, -0.2) is 6.08 Å². The van der Waals surface area contributed by atoms with Gasteiger partial charge in [0.2, 0.25) is 6.08 Å². The van der Waals surface area contributed by atoms with E-state index in [-0.39, 0.29) is 0 Å². The minimum Gasteiger partial charge on any atom is -0.211 e. The molecule has 1 aromatic rings. The number of rotatable bonds is 2. The summed E-state index contributed by atoms with van der Waals surface area (Å²) in [6, 6.07) is -0.0822. The Balaban J connectivity index is 3.20. The number of isocyanates is 1. The number of aliphatic imine (C=N–C) groups is 1. The molecule has 6 heteroatoms. The molecule has 0 atom stereocenters. The SMILES string of the molecule is O=C=NC(F)(F)c1ccc(Cl)c(Br)c1. The van der Waals surface area contributed by atoms with Crippen LogP contribution in [0.3, 0.4) is 0 Å². The van der Waals surface area contributed by atoms with Gasteiger partial charge < -0.3 is 0 Å². The van der Waals surface area contributed by atoms with Crippen molar-refractivity contribution < 1.29 is 13.6 Å². The van der Waals surface area contributed by atoms with Crippen LogP contribution in [0.4, 0.5) is 8.78 Å². The monoisotopic (exact) mass is 281 g/mol. The van der Waals surface area contributed by atoms with Gasteiger partial charge in [-0.2, -0.15) is 8.78 Å². The molecule has 0 unspecified atom stereocenters. The molecule has 2 nitrogen and oxygen atoms in total. The molecule has 0 saturated carbocycles. The topological polar surface area (TPSA) is 29.4 Å². The molecule has 1 aromatic carbocycles. The molecule has 0 saturated heterocycles. The maximum Gasteiger partial charge on any atom is 0.379 e. The summed E-state index contributed by atoms with van der Waals surface area (Å²) in [4.78, 5) is 12.1. The second-order valence-electron chi connectivity index (χ2n) is 2.37. The van der Waals surface area contributed by atoms with Crippen LogP contribution in [0.25, 0.3) is 0 Å². The summed E-state index contributed by atoms with van der Waals surface area (Å²) in [6.45, 7) is 0. The zero-order valence-corrected chi connectivity index (χ0v) is 8.94. The molecule has 0 aromatic heterocycles. The van der Waals surface area contributed by atoms with Gasteiger partial charge in [-0.3, -0.25) is 0 Å². The molecule has 0 heterocycles. The summed E-state index contributed by atoms with van der Waals surface area (Å²) in [5.41, 5.74) is -0.419. The highest BCUT2D eigenvalue weighted by atomic mass is 79.9. The van der Waals surface area contributed by atoms with Gasteiger partial charge in [-0.15, -0.1) is 4.99 Å². The number of nitrogens with zero attached hydrogens (tertiary/aromatic N) is 1. The number of benzene rings is 1. The van der Waals surface area contributed by atoms with Crippen molar-refractivity contribution in [3.05, 3.63) is 33.3 Å². The Bertz CT molecular complexity index is 404. The van der Waals surface area contributed by atoms with Crippen molar-refractivity contribution in [2.75, 3.05) is 0 Å². The number of carbonyl (C=O) groups excluding carboxylic acids is 1. The fourth-order valence-corrected chi connectivity index (χ4v) is 1.30. The normalized spacial score (nSPS) is 10.9. The Morgan fingerprint density at radius 1 is 1.50 bits per heavy atom. The second kappa shape index (κ2) is 4.17. The van der Waals surface area contributed by atoms with Gasteiger partial charge in [0.25, 0.3) is 0 Å². The maximum absolute atomic E-state index is 13.0. The van der Waals surface area contributed by atoms with E-state index in [9.17, 15) is 13.6 Å². The zero-order chi connectivity index (χ0) is 10.8. The lowest BCUT2D eigenvalue weighted by Gasteiger charge is -2.09. The molecule has 0 radical (unpaired) electrons. The third-order valence-corrected chi connectivity index (χ3v) is 2.67. The van der Waals surface area contributed by atoms with Crippen LogP contribution in [0.15, 0.2) is 27.7 Å². The standard InChI is InChI=1S/C8H3BrClF2NO/c9-6-3-5(1-2-7(6)10)8(11,12)13-4-14/h1-3H. The van der Waals surface area contributed by atoms with Crippen LogP contribution in [0, 0.1) is 0 Å². The van der Waals surface area contributed by atoms with E-state index >= 15 is 0 Å². The average Bonchev–Trinajstić information content (AvgIpc) is 2.09. The van der Waals surface area contributed by atoms with Crippen molar-refractivity contribution in [1.82, 2.24) is 0 Å². The van der Waals surface area contributed by atoms with Gasteiger partial charge in [0.15, 0.2) is 0 Å². The summed E-state index contributed by atoms with van der Waals surface area (Å²) < 4.78 is 26.3. The Morgan fingerprint density at radius 2 is 2.14 bits per heavy atom. The number of halogens is 4. The minimum absolute atomic E-state index is 0.305. The van der Waals surface area contributed by atoms with E-state index < -0.39 is 11.6 Å². The van der Waals surface area contributed by atoms with Gasteiger partial charge in [0, 0.05) is 10.0 Å². The van der Waals surface area contributed by atoms with E-state index in [0.717, 1.165) is 18.2 Å². The van der Waals surface area contributed by atoms with Gasteiger partial charge in [-0.25, -0.2) is 4.79 Å². The molecule has 0 spiro atoms. The van der Waals surface area contributed by atoms with E-state index in [1.165, 1.54) is 6.07 Å². The van der Waals surface area contributed by atoms with Gasteiger partial charge in [0.05, 0.1) is 5.02 Å². The molecule has 0 aliphatic heterocycles. The van der Waals surface area contributed by atoms with Crippen LogP contribution in [0.1, 0.15) is 5.56 Å². The molecule has 0 amide bonds. The highest BCUT2D eigenvalue weighted by Gasteiger charge is 2.31. The second-order valence-corrected chi connectivity index (χ2v) is 3.63. The number of hydrogen-bond acceptors (Lipinski definition) is 2. The Morgan fingerprint density at radius 3 is 2.64 bits per heavy atom. The lowest BCUT2D eigenvalue weighted by molar-refractivity contribution is 0.00612. The molecule has 0 aliphatic rings. The van der Waals surface area contributed by atoms with Crippen molar-refractivity contribution in [2.24, 2.45) is 4.99 Å². The first kappa shape index (κ1) is 11.3. The van der Waals surface area contributed by atoms with Gasteiger partial charge in [-0.1, -0.05) is 11.6 Å². The Kier molecular flexibility index (Phi) is 3.37. The van der Waals surface area contributed by atoms with Crippen LogP contribution >= 0.6 is 27.5 Å². The van der Waals surface area contributed by atoms with Crippen LogP contribution < -0.4 is 0 Å². The predicted molar refractivity (Wildman–Crippen MR) is 51.2 cm³/mol. The summed E-state index contributed by atoms with van der Waals surface area (Å²) >= 11 is 8.59. The minimum atomic E-state index is -3.56. The molecule has 14 heavy (non-hydrogen) atoms. The molecule has 1 rings (SSSR count). The third-order valence-electron chi connectivity index (χ3n) is 1.45. The van der Waals surface area contributed by atoms with Crippen LogP contribution in [0.5, 0.6) is 0 Å². The van der Waals surface area contributed by atoms with Gasteiger partial charge >= 0.3 is 6.05 Å². The predicted octanol–water partition coefficient (Wildman–Crippen LogP) is 3.49. The van der Waals surface area contributed by atoms with Crippen molar-refractivity contribution in [3.63, 3.8) is 0 Å². The lowest BCUT2D eigenvalue weighted by Crippen LogP contribution is -2.09. The number of hydrogen-bond donors (Lipinski definition) is 0. The van der Waals surface area contributed by atoms with E-state index in [0.29, 0.717) is 9.50 Å². The molecule has 0 N–H and O–H groups in total. The largest absolute Gasteiger partial charge is 0.379 e. The summed E-state index contributed by atoms with van der Waals surface area (Å²) in [7, 11) is 0. The molecular formula is C8H3BrClF2NO. The van der Waals surface area contributed by atoms with Crippen molar-refractivity contribution in [2.45, 2.75) is 6.05 Å². The summed E-state index contributed by atoms with van der Waals surface area (Å²) in [6.07, 6.45) is 0.817. The fourth-order valence-electron chi connectivity index (χ4n) is 0.805. The molecular weight excluding hydrogens is 279 g/mol. The van der Waals surface area contributed by atoms with E-state index in [4.69, 9.17) is 11.6 Å². The van der Waals surface area contributed by atoms with Gasteiger partial charge in [0.1, 0.15) is 0 Å². The quantitative estimate of drug-likeness (QED) is 0.464.